The van der Waals surface area contributed by atoms with E-state index in [0.717, 1.165) is 0 Å². The summed E-state index contributed by atoms with van der Waals surface area (Å²) < 4.78 is 0. The molecule has 1 aliphatic carbocycles. The van der Waals surface area contributed by atoms with E-state index in [1.54, 1.807) is 0 Å². The Bertz CT molecular complexity index is 138. The summed E-state index contributed by atoms with van der Waals surface area (Å²) in [5.41, 5.74) is 0.683. The molecule has 1 saturated carbocycles. The molecule has 0 unspecified atom stereocenters. The van der Waals surface area contributed by atoms with Gasteiger partial charge in [0.05, 0.1) is 0 Å². The van der Waals surface area contributed by atoms with Gasteiger partial charge in [-0.2, -0.15) is 0 Å². The van der Waals surface area contributed by atoms with Crippen molar-refractivity contribution in [3.63, 3.8) is 0 Å². The van der Waals surface area contributed by atoms with Crippen LogP contribution in [-0.4, -0.2) is 13.1 Å². The predicted octanol–water partition coefficient (Wildman–Crippen LogP) is 3.74. The summed E-state index contributed by atoms with van der Waals surface area (Å²) in [6, 6.07) is 0. The van der Waals surface area contributed by atoms with Crippen molar-refractivity contribution in [3.05, 3.63) is 0 Å². The van der Waals surface area contributed by atoms with E-state index in [2.05, 4.69) is 19.2 Å². The van der Waals surface area contributed by atoms with Gasteiger partial charge in [0.15, 0.2) is 0 Å². The number of unbranched alkanes of at least 4 members (excludes halogenated alkanes) is 5. The maximum Gasteiger partial charge on any atom is 0.000517 e. The van der Waals surface area contributed by atoms with E-state index >= 15 is 0 Å². The molecular weight excluding hydrogens is 170 g/mol. The van der Waals surface area contributed by atoms with Gasteiger partial charge >= 0.3 is 0 Å². The maximum atomic E-state index is 3.58. The summed E-state index contributed by atoms with van der Waals surface area (Å²) in [5, 5.41) is 3.58. The molecule has 0 aromatic heterocycles. The topological polar surface area (TPSA) is 12.0 Å². The number of hydrogen-bond donors (Lipinski definition) is 1. The Kier molecular flexibility index (Phi) is 5.54. The van der Waals surface area contributed by atoms with Crippen LogP contribution in [0.15, 0.2) is 0 Å². The normalized spacial score (nSPS) is 18.4. The fourth-order valence-electron chi connectivity index (χ4n) is 1.81. The van der Waals surface area contributed by atoms with E-state index < -0.39 is 0 Å². The lowest BCUT2D eigenvalue weighted by atomic mass is 10.1. The predicted molar refractivity (Wildman–Crippen MR) is 63.6 cm³/mol. The molecule has 0 heterocycles. The lowest BCUT2D eigenvalue weighted by molar-refractivity contribution is 0.484. The highest BCUT2D eigenvalue weighted by Crippen LogP contribution is 2.43. The first-order valence-corrected chi connectivity index (χ1v) is 6.47. The lowest BCUT2D eigenvalue weighted by Gasteiger charge is -2.09. The van der Waals surface area contributed by atoms with Gasteiger partial charge < -0.3 is 5.32 Å². The molecule has 1 heteroatoms. The van der Waals surface area contributed by atoms with Crippen LogP contribution in [0.5, 0.6) is 0 Å². The van der Waals surface area contributed by atoms with Gasteiger partial charge in [-0.1, -0.05) is 46.0 Å². The molecule has 0 aliphatic heterocycles. The second kappa shape index (κ2) is 6.44. The van der Waals surface area contributed by atoms with E-state index in [-0.39, 0.29) is 0 Å². The quantitative estimate of drug-likeness (QED) is 0.555. The van der Waals surface area contributed by atoms with Crippen molar-refractivity contribution in [1.82, 2.24) is 5.32 Å². The highest BCUT2D eigenvalue weighted by molar-refractivity contribution is 4.90. The molecule has 0 aromatic carbocycles. The molecule has 1 rings (SSSR count). The number of rotatable bonds is 9. The van der Waals surface area contributed by atoms with Crippen molar-refractivity contribution in [2.24, 2.45) is 5.41 Å². The fourth-order valence-corrected chi connectivity index (χ4v) is 1.81. The minimum absolute atomic E-state index is 0.683. The van der Waals surface area contributed by atoms with Crippen LogP contribution in [0, 0.1) is 5.41 Å². The maximum absolute atomic E-state index is 3.58. The van der Waals surface area contributed by atoms with Gasteiger partial charge in [-0.3, -0.25) is 0 Å². The van der Waals surface area contributed by atoms with E-state index in [1.807, 2.05) is 0 Å². The van der Waals surface area contributed by atoms with E-state index in [0.29, 0.717) is 5.41 Å². The van der Waals surface area contributed by atoms with Crippen LogP contribution in [0.25, 0.3) is 0 Å². The largest absolute Gasteiger partial charge is 0.316 e. The van der Waals surface area contributed by atoms with Crippen LogP contribution in [0.3, 0.4) is 0 Å². The lowest BCUT2D eigenvalue weighted by Crippen LogP contribution is -2.22. The smallest absolute Gasteiger partial charge is 0.000517 e. The minimum atomic E-state index is 0.683. The molecule has 0 atom stereocenters. The minimum Gasteiger partial charge on any atom is -0.316 e. The van der Waals surface area contributed by atoms with Gasteiger partial charge in [-0.05, 0) is 31.2 Å². The average Bonchev–Trinajstić information content (AvgIpc) is 2.89. The van der Waals surface area contributed by atoms with Crippen LogP contribution in [0.2, 0.25) is 0 Å². The number of nitrogens with one attached hydrogen (secondary N) is 1. The SMILES string of the molecule is CCCCCCCCNCC1(C)CC1. The molecule has 1 aliphatic rings. The first kappa shape index (κ1) is 12.0. The first-order chi connectivity index (χ1) is 6.77. The summed E-state index contributed by atoms with van der Waals surface area (Å²) >= 11 is 0. The Morgan fingerprint density at radius 3 is 2.29 bits per heavy atom. The molecule has 0 amide bonds. The Morgan fingerprint density at radius 2 is 1.64 bits per heavy atom. The second-order valence-electron chi connectivity index (χ2n) is 5.26. The van der Waals surface area contributed by atoms with Gasteiger partial charge in [-0.15, -0.1) is 0 Å². The molecule has 0 spiro atoms. The summed E-state index contributed by atoms with van der Waals surface area (Å²) in [5.74, 6) is 0. The van der Waals surface area contributed by atoms with Crippen LogP contribution in [0.4, 0.5) is 0 Å². The fraction of sp³-hybridized carbons (Fsp3) is 1.00. The molecule has 14 heavy (non-hydrogen) atoms. The average molecular weight is 197 g/mol. The van der Waals surface area contributed by atoms with Gasteiger partial charge in [0.1, 0.15) is 0 Å². The highest BCUT2D eigenvalue weighted by atomic mass is 14.9. The zero-order valence-electron chi connectivity index (χ0n) is 10.1. The third-order valence-electron chi connectivity index (χ3n) is 3.36. The van der Waals surface area contributed by atoms with Crippen LogP contribution in [-0.2, 0) is 0 Å². The van der Waals surface area contributed by atoms with Crippen LogP contribution >= 0.6 is 0 Å². The Balaban J connectivity index is 1.72. The summed E-state index contributed by atoms with van der Waals surface area (Å²) in [7, 11) is 0. The Morgan fingerprint density at radius 1 is 1.00 bits per heavy atom. The van der Waals surface area contributed by atoms with Gasteiger partial charge in [0.2, 0.25) is 0 Å². The summed E-state index contributed by atoms with van der Waals surface area (Å²) in [6.07, 6.45) is 11.3. The highest BCUT2D eigenvalue weighted by Gasteiger charge is 2.36. The van der Waals surface area contributed by atoms with E-state index in [1.165, 1.54) is 64.5 Å². The van der Waals surface area contributed by atoms with Gasteiger partial charge in [-0.25, -0.2) is 0 Å². The second-order valence-corrected chi connectivity index (χ2v) is 5.26. The van der Waals surface area contributed by atoms with Crippen molar-refractivity contribution in [3.8, 4) is 0 Å². The number of hydrogen-bond acceptors (Lipinski definition) is 1. The van der Waals surface area contributed by atoms with Crippen LogP contribution in [0.1, 0.15) is 65.2 Å². The third-order valence-corrected chi connectivity index (χ3v) is 3.36. The van der Waals surface area contributed by atoms with Crippen molar-refractivity contribution in [2.45, 2.75) is 65.2 Å². The standard InChI is InChI=1S/C13H27N/c1-3-4-5-6-7-8-11-14-12-13(2)9-10-13/h14H,3-12H2,1-2H3. The monoisotopic (exact) mass is 197 g/mol. The Hall–Kier alpha value is -0.0400. The van der Waals surface area contributed by atoms with Crippen molar-refractivity contribution in [1.29, 1.82) is 0 Å². The van der Waals surface area contributed by atoms with E-state index in [4.69, 9.17) is 0 Å². The molecule has 84 valence electrons. The Labute approximate surface area is 89.7 Å². The molecule has 1 nitrogen and oxygen atoms in total. The van der Waals surface area contributed by atoms with Gasteiger partial charge in [0.25, 0.3) is 0 Å². The summed E-state index contributed by atoms with van der Waals surface area (Å²) in [4.78, 5) is 0. The zero-order chi connectivity index (χ0) is 10.3. The van der Waals surface area contributed by atoms with E-state index in [9.17, 15) is 0 Å². The van der Waals surface area contributed by atoms with Crippen molar-refractivity contribution >= 4 is 0 Å². The molecule has 0 saturated heterocycles. The molecule has 1 fully saturated rings. The van der Waals surface area contributed by atoms with Crippen LogP contribution < -0.4 is 5.32 Å². The van der Waals surface area contributed by atoms with Gasteiger partial charge in [0, 0.05) is 6.54 Å². The summed E-state index contributed by atoms with van der Waals surface area (Å²) in [6.45, 7) is 7.16. The molecule has 0 bridgehead atoms. The molecular formula is C13H27N. The molecule has 0 radical (unpaired) electrons. The van der Waals surface area contributed by atoms with Crippen molar-refractivity contribution in [2.75, 3.05) is 13.1 Å². The molecule has 0 aromatic rings. The molecule has 1 N–H and O–H groups in total. The van der Waals surface area contributed by atoms with Crippen molar-refractivity contribution < 1.29 is 0 Å². The zero-order valence-corrected chi connectivity index (χ0v) is 10.1. The third kappa shape index (κ3) is 5.64. The first-order valence-electron chi connectivity index (χ1n) is 6.47.